The standard InChI is InChI=1S/C29H27F6N5O2/c1-17-24(19-8-10-20(42-3)11-9-19)37-26-22(16-36-40(26)25(17)29(33,34)35)27(41)39-14-12-38(13-15-39)18(2)21-6-4-5-7-23(21)28(30,31)32/h4-11,16,18H,12-15H2,1-3H3/t18-/m1/s1. The molecule has 3 heterocycles. The maximum absolute atomic E-state index is 14.2. The highest BCUT2D eigenvalue weighted by molar-refractivity contribution is 6.00. The summed E-state index contributed by atoms with van der Waals surface area (Å²) in [7, 11) is 1.47. The molecule has 0 aliphatic carbocycles. The molecule has 2 aromatic carbocycles. The number of alkyl halides is 6. The highest BCUT2D eigenvalue weighted by Crippen LogP contribution is 2.38. The number of hydrogen-bond acceptors (Lipinski definition) is 5. The topological polar surface area (TPSA) is 63.0 Å². The largest absolute Gasteiger partial charge is 0.497 e. The predicted molar refractivity (Wildman–Crippen MR) is 142 cm³/mol. The minimum Gasteiger partial charge on any atom is -0.497 e. The number of benzene rings is 2. The Balaban J connectivity index is 1.44. The minimum absolute atomic E-state index is 0.0500. The average Bonchev–Trinajstić information content (AvgIpc) is 3.38. The molecule has 0 saturated carbocycles. The van der Waals surface area contributed by atoms with Crippen LogP contribution in [-0.4, -0.2) is 63.6 Å². The molecule has 0 spiro atoms. The van der Waals surface area contributed by atoms with Crippen molar-refractivity contribution in [3.8, 4) is 17.0 Å². The second kappa shape index (κ2) is 10.9. The molecule has 42 heavy (non-hydrogen) atoms. The maximum atomic E-state index is 14.2. The first-order valence-electron chi connectivity index (χ1n) is 13.1. The number of carbonyl (C=O) groups is 1. The molecule has 1 amide bonds. The van der Waals surface area contributed by atoms with Gasteiger partial charge in [0.05, 0.1) is 24.6 Å². The summed E-state index contributed by atoms with van der Waals surface area (Å²) in [5.74, 6) is -0.0396. The van der Waals surface area contributed by atoms with Gasteiger partial charge in [-0.25, -0.2) is 9.50 Å². The Kier molecular flexibility index (Phi) is 7.64. The van der Waals surface area contributed by atoms with Gasteiger partial charge in [-0.1, -0.05) is 18.2 Å². The molecular weight excluding hydrogens is 564 g/mol. The summed E-state index contributed by atoms with van der Waals surface area (Å²) in [5, 5.41) is 3.89. The van der Waals surface area contributed by atoms with Crippen LogP contribution in [0.3, 0.4) is 0 Å². The number of rotatable bonds is 5. The zero-order valence-electron chi connectivity index (χ0n) is 22.9. The van der Waals surface area contributed by atoms with Crippen LogP contribution in [0.1, 0.15) is 45.7 Å². The quantitative estimate of drug-likeness (QED) is 0.256. The fourth-order valence-corrected chi connectivity index (χ4v) is 5.39. The van der Waals surface area contributed by atoms with Gasteiger partial charge in [0.15, 0.2) is 11.3 Å². The minimum atomic E-state index is -4.78. The monoisotopic (exact) mass is 591 g/mol. The molecule has 0 bridgehead atoms. The third kappa shape index (κ3) is 5.40. The highest BCUT2D eigenvalue weighted by atomic mass is 19.4. The van der Waals surface area contributed by atoms with Gasteiger partial charge in [-0.2, -0.15) is 31.4 Å². The zero-order valence-corrected chi connectivity index (χ0v) is 22.9. The summed E-state index contributed by atoms with van der Waals surface area (Å²) < 4.78 is 89.2. The molecule has 1 aliphatic rings. The number of methoxy groups -OCH3 is 1. The first-order chi connectivity index (χ1) is 19.8. The fraction of sp³-hybridized carbons (Fsp3) is 0.345. The molecular formula is C29H27F6N5O2. The molecule has 0 radical (unpaired) electrons. The van der Waals surface area contributed by atoms with E-state index in [1.165, 1.54) is 31.1 Å². The van der Waals surface area contributed by atoms with Crippen molar-refractivity contribution in [2.75, 3.05) is 33.3 Å². The lowest BCUT2D eigenvalue weighted by Crippen LogP contribution is -2.49. The Hall–Kier alpha value is -4.13. The highest BCUT2D eigenvalue weighted by Gasteiger charge is 2.39. The number of nitrogens with zero attached hydrogens (tertiary/aromatic N) is 5. The summed E-state index contributed by atoms with van der Waals surface area (Å²) in [4.78, 5) is 21.3. The van der Waals surface area contributed by atoms with Crippen molar-refractivity contribution >= 4 is 11.6 Å². The number of ether oxygens (including phenoxy) is 1. The predicted octanol–water partition coefficient (Wildman–Crippen LogP) is 6.27. The number of amides is 1. The molecule has 0 unspecified atom stereocenters. The number of fused-ring (bicyclic) bond motifs is 1. The van der Waals surface area contributed by atoms with Crippen LogP contribution >= 0.6 is 0 Å². The van der Waals surface area contributed by atoms with Crippen LogP contribution in [0.2, 0.25) is 0 Å². The van der Waals surface area contributed by atoms with Crippen molar-refractivity contribution in [2.45, 2.75) is 32.2 Å². The van der Waals surface area contributed by atoms with Crippen molar-refractivity contribution in [2.24, 2.45) is 0 Å². The van der Waals surface area contributed by atoms with E-state index >= 15 is 0 Å². The van der Waals surface area contributed by atoms with Crippen molar-refractivity contribution < 1.29 is 35.9 Å². The third-order valence-electron chi connectivity index (χ3n) is 7.61. The van der Waals surface area contributed by atoms with Gasteiger partial charge in [0, 0.05) is 43.3 Å². The van der Waals surface area contributed by atoms with Gasteiger partial charge in [-0.3, -0.25) is 9.69 Å². The second-order valence-corrected chi connectivity index (χ2v) is 10.0. The van der Waals surface area contributed by atoms with Crippen molar-refractivity contribution in [1.29, 1.82) is 0 Å². The molecule has 13 heteroatoms. The number of carbonyl (C=O) groups excluding carboxylic acids is 1. The summed E-state index contributed by atoms with van der Waals surface area (Å²) in [6, 6.07) is 11.2. The van der Waals surface area contributed by atoms with Crippen LogP contribution in [0, 0.1) is 6.92 Å². The van der Waals surface area contributed by atoms with E-state index < -0.39 is 35.6 Å². The van der Waals surface area contributed by atoms with Crippen LogP contribution in [0.4, 0.5) is 26.3 Å². The Morgan fingerprint density at radius 3 is 2.17 bits per heavy atom. The summed E-state index contributed by atoms with van der Waals surface area (Å²) in [6.45, 7) is 3.86. The van der Waals surface area contributed by atoms with E-state index in [0.29, 0.717) is 15.8 Å². The number of halogens is 6. The number of piperazine rings is 1. The summed E-state index contributed by atoms with van der Waals surface area (Å²) >= 11 is 0. The first-order valence-corrected chi connectivity index (χ1v) is 13.1. The lowest BCUT2D eigenvalue weighted by molar-refractivity contribution is -0.143. The van der Waals surface area contributed by atoms with Crippen LogP contribution < -0.4 is 4.74 Å². The van der Waals surface area contributed by atoms with Crippen LogP contribution in [0.25, 0.3) is 16.9 Å². The van der Waals surface area contributed by atoms with E-state index in [1.807, 2.05) is 4.90 Å². The molecule has 4 aromatic rings. The molecule has 1 aliphatic heterocycles. The Bertz CT molecular complexity index is 1610. The van der Waals surface area contributed by atoms with Gasteiger partial charge in [-0.15, -0.1) is 0 Å². The van der Waals surface area contributed by atoms with Gasteiger partial charge < -0.3 is 9.64 Å². The smallest absolute Gasteiger partial charge is 0.433 e. The van der Waals surface area contributed by atoms with Gasteiger partial charge in [-0.05, 0) is 49.7 Å². The van der Waals surface area contributed by atoms with Gasteiger partial charge in [0.25, 0.3) is 5.91 Å². The van der Waals surface area contributed by atoms with Crippen molar-refractivity contribution in [1.82, 2.24) is 24.4 Å². The Morgan fingerprint density at radius 2 is 1.57 bits per heavy atom. The second-order valence-electron chi connectivity index (χ2n) is 10.0. The van der Waals surface area contributed by atoms with Crippen LogP contribution in [0.5, 0.6) is 5.75 Å². The van der Waals surface area contributed by atoms with Gasteiger partial charge >= 0.3 is 12.4 Å². The lowest BCUT2D eigenvalue weighted by atomic mass is 9.99. The average molecular weight is 592 g/mol. The van der Waals surface area contributed by atoms with E-state index in [9.17, 15) is 31.1 Å². The Morgan fingerprint density at radius 1 is 0.929 bits per heavy atom. The van der Waals surface area contributed by atoms with Crippen LogP contribution in [0.15, 0.2) is 54.7 Å². The number of aromatic nitrogens is 3. The molecule has 1 saturated heterocycles. The molecule has 1 fully saturated rings. The van der Waals surface area contributed by atoms with Gasteiger partial charge in [0.2, 0.25) is 0 Å². The fourth-order valence-electron chi connectivity index (χ4n) is 5.39. The molecule has 5 rings (SSSR count). The van der Waals surface area contributed by atoms with Crippen LogP contribution in [-0.2, 0) is 12.4 Å². The maximum Gasteiger partial charge on any atom is 0.433 e. The molecule has 7 nitrogen and oxygen atoms in total. The molecule has 1 atom stereocenters. The number of hydrogen-bond donors (Lipinski definition) is 0. The van der Waals surface area contributed by atoms with Crippen molar-refractivity contribution in [3.63, 3.8) is 0 Å². The van der Waals surface area contributed by atoms with E-state index in [2.05, 4.69) is 10.1 Å². The summed E-state index contributed by atoms with van der Waals surface area (Å²) in [5.41, 5.74) is -1.65. The van der Waals surface area contributed by atoms with E-state index in [4.69, 9.17) is 4.74 Å². The van der Waals surface area contributed by atoms with E-state index in [1.54, 1.807) is 37.3 Å². The Labute approximate surface area is 237 Å². The van der Waals surface area contributed by atoms with E-state index in [-0.39, 0.29) is 54.2 Å². The molecule has 0 N–H and O–H groups in total. The SMILES string of the molecule is COc1ccc(-c2nc3c(C(=O)N4CCN([C@H](C)c5ccccc5C(F)(F)F)CC4)cnn3c(C(F)(F)F)c2C)cc1. The third-order valence-corrected chi connectivity index (χ3v) is 7.61. The molecule has 222 valence electrons. The zero-order chi connectivity index (χ0) is 30.4. The normalized spacial score (nSPS) is 15.7. The molecule has 2 aromatic heterocycles. The first kappa shape index (κ1) is 29.4. The van der Waals surface area contributed by atoms with E-state index in [0.717, 1.165) is 12.3 Å². The summed E-state index contributed by atoms with van der Waals surface area (Å²) in [6.07, 6.45) is -8.21. The van der Waals surface area contributed by atoms with Gasteiger partial charge in [0.1, 0.15) is 11.3 Å². The van der Waals surface area contributed by atoms with Crippen molar-refractivity contribution in [3.05, 3.63) is 82.7 Å². The lowest BCUT2D eigenvalue weighted by Gasteiger charge is -2.38.